The topological polar surface area (TPSA) is 59.2 Å². The lowest BCUT2D eigenvalue weighted by Crippen LogP contribution is -2.46. The van der Waals surface area contributed by atoms with Crippen LogP contribution in [0.2, 0.25) is 0 Å². The van der Waals surface area contributed by atoms with Crippen molar-refractivity contribution < 1.29 is 4.79 Å². The molecule has 1 aliphatic heterocycles. The molecule has 0 bridgehead atoms. The summed E-state index contributed by atoms with van der Waals surface area (Å²) in [7, 11) is 0. The molecule has 1 aromatic heterocycles. The molecule has 98 valence electrons. The molecule has 1 amide bonds. The Labute approximate surface area is 116 Å². The van der Waals surface area contributed by atoms with Gasteiger partial charge in [0.05, 0.1) is 10.00 Å². The van der Waals surface area contributed by atoms with Gasteiger partial charge in [0, 0.05) is 23.9 Å². The first kappa shape index (κ1) is 13.4. The first-order chi connectivity index (χ1) is 8.42. The molecule has 0 aliphatic carbocycles. The SMILES string of the molecule is Cc1nc(C(=O)N2CCC(C)(C(N)=S)CC2)cs1. The van der Waals surface area contributed by atoms with Crippen LogP contribution in [0.25, 0.3) is 0 Å². The van der Waals surface area contributed by atoms with E-state index in [4.69, 9.17) is 18.0 Å². The van der Waals surface area contributed by atoms with Gasteiger partial charge < -0.3 is 10.6 Å². The standard InChI is InChI=1S/C12H17N3OS2/c1-8-14-9(7-18-8)10(16)15-5-3-12(2,4-6-15)11(13)17/h7H,3-6H2,1-2H3,(H2,13,17). The molecule has 18 heavy (non-hydrogen) atoms. The summed E-state index contributed by atoms with van der Waals surface area (Å²) in [6, 6.07) is 0. The molecule has 2 N–H and O–H groups in total. The summed E-state index contributed by atoms with van der Waals surface area (Å²) >= 11 is 6.60. The van der Waals surface area contributed by atoms with Gasteiger partial charge in [0.1, 0.15) is 5.69 Å². The minimum Gasteiger partial charge on any atom is -0.393 e. The normalized spacial score (nSPS) is 18.7. The van der Waals surface area contributed by atoms with Gasteiger partial charge in [0.25, 0.3) is 5.91 Å². The fraction of sp³-hybridized carbons (Fsp3) is 0.583. The van der Waals surface area contributed by atoms with Crippen LogP contribution < -0.4 is 5.73 Å². The van der Waals surface area contributed by atoms with E-state index in [2.05, 4.69) is 11.9 Å². The van der Waals surface area contributed by atoms with Crippen molar-refractivity contribution in [3.63, 3.8) is 0 Å². The van der Waals surface area contributed by atoms with Gasteiger partial charge in [0.15, 0.2) is 0 Å². The highest BCUT2D eigenvalue weighted by Crippen LogP contribution is 2.31. The number of thiazole rings is 1. The summed E-state index contributed by atoms with van der Waals surface area (Å²) in [6.45, 7) is 5.37. The van der Waals surface area contributed by atoms with Gasteiger partial charge in [-0.2, -0.15) is 0 Å². The zero-order valence-electron chi connectivity index (χ0n) is 10.6. The number of aromatic nitrogens is 1. The van der Waals surface area contributed by atoms with Crippen LogP contribution in [0, 0.1) is 12.3 Å². The Morgan fingerprint density at radius 3 is 2.61 bits per heavy atom. The Kier molecular flexibility index (Phi) is 3.68. The molecule has 0 unspecified atom stereocenters. The van der Waals surface area contributed by atoms with Gasteiger partial charge in [0.2, 0.25) is 0 Å². The lowest BCUT2D eigenvalue weighted by atomic mass is 9.80. The second kappa shape index (κ2) is 4.93. The Morgan fingerprint density at radius 1 is 1.56 bits per heavy atom. The minimum atomic E-state index is -0.107. The van der Waals surface area contributed by atoms with Crippen LogP contribution in [-0.4, -0.2) is 33.9 Å². The molecular weight excluding hydrogens is 266 g/mol. The monoisotopic (exact) mass is 283 g/mol. The number of hydrogen-bond acceptors (Lipinski definition) is 4. The molecule has 6 heteroatoms. The summed E-state index contributed by atoms with van der Waals surface area (Å²) in [5.74, 6) is 0.0179. The molecule has 0 radical (unpaired) electrons. The number of aryl methyl sites for hydroxylation is 1. The van der Waals surface area contributed by atoms with Crippen LogP contribution in [0.15, 0.2) is 5.38 Å². The first-order valence-electron chi connectivity index (χ1n) is 5.94. The number of nitrogens with zero attached hydrogens (tertiary/aromatic N) is 2. The number of thiocarbonyl (C=S) groups is 1. The third kappa shape index (κ3) is 2.54. The second-order valence-electron chi connectivity index (χ2n) is 4.97. The van der Waals surface area contributed by atoms with Crippen molar-refractivity contribution in [2.75, 3.05) is 13.1 Å². The van der Waals surface area contributed by atoms with Crippen molar-refractivity contribution in [1.29, 1.82) is 0 Å². The zero-order valence-corrected chi connectivity index (χ0v) is 12.2. The van der Waals surface area contributed by atoms with E-state index >= 15 is 0 Å². The van der Waals surface area contributed by atoms with Gasteiger partial charge in [-0.25, -0.2) is 4.98 Å². The Morgan fingerprint density at radius 2 is 2.17 bits per heavy atom. The lowest BCUT2D eigenvalue weighted by molar-refractivity contribution is 0.0665. The van der Waals surface area contributed by atoms with Crippen LogP contribution in [0.5, 0.6) is 0 Å². The van der Waals surface area contributed by atoms with Crippen molar-refractivity contribution >= 4 is 34.5 Å². The van der Waals surface area contributed by atoms with E-state index in [1.165, 1.54) is 11.3 Å². The van der Waals surface area contributed by atoms with Crippen molar-refractivity contribution in [3.8, 4) is 0 Å². The smallest absolute Gasteiger partial charge is 0.273 e. The van der Waals surface area contributed by atoms with Gasteiger partial charge >= 0.3 is 0 Å². The number of carbonyl (C=O) groups is 1. The van der Waals surface area contributed by atoms with Crippen molar-refractivity contribution in [3.05, 3.63) is 16.1 Å². The number of likely N-dealkylation sites (tertiary alicyclic amines) is 1. The molecule has 0 aromatic carbocycles. The highest BCUT2D eigenvalue weighted by Gasteiger charge is 2.34. The quantitative estimate of drug-likeness (QED) is 0.843. The average molecular weight is 283 g/mol. The lowest BCUT2D eigenvalue weighted by Gasteiger charge is -2.38. The predicted octanol–water partition coefficient (Wildman–Crippen LogP) is 1.98. The van der Waals surface area contributed by atoms with Gasteiger partial charge in [-0.15, -0.1) is 11.3 Å². The van der Waals surface area contributed by atoms with Crippen molar-refractivity contribution in [1.82, 2.24) is 9.88 Å². The zero-order chi connectivity index (χ0) is 13.3. The average Bonchev–Trinajstić information content (AvgIpc) is 2.76. The summed E-state index contributed by atoms with van der Waals surface area (Å²) in [5, 5.41) is 2.74. The molecule has 1 saturated heterocycles. The molecule has 1 fully saturated rings. The number of nitrogens with two attached hydrogens (primary N) is 1. The van der Waals surface area contributed by atoms with E-state index < -0.39 is 0 Å². The van der Waals surface area contributed by atoms with E-state index in [0.717, 1.165) is 17.8 Å². The van der Waals surface area contributed by atoms with E-state index in [1.54, 1.807) is 0 Å². The number of carbonyl (C=O) groups excluding carboxylic acids is 1. The molecule has 1 aromatic rings. The van der Waals surface area contributed by atoms with Crippen LogP contribution >= 0.6 is 23.6 Å². The van der Waals surface area contributed by atoms with Gasteiger partial charge in [-0.1, -0.05) is 19.1 Å². The maximum Gasteiger partial charge on any atom is 0.273 e. The molecule has 1 aliphatic rings. The molecule has 2 rings (SSSR count). The molecule has 4 nitrogen and oxygen atoms in total. The van der Waals surface area contributed by atoms with Gasteiger partial charge in [-0.3, -0.25) is 4.79 Å². The van der Waals surface area contributed by atoms with E-state index in [9.17, 15) is 4.79 Å². The summed E-state index contributed by atoms with van der Waals surface area (Å²) in [6.07, 6.45) is 1.66. The third-order valence-electron chi connectivity index (χ3n) is 3.59. The second-order valence-corrected chi connectivity index (χ2v) is 6.47. The summed E-state index contributed by atoms with van der Waals surface area (Å²) in [4.78, 5) is 18.8. The van der Waals surface area contributed by atoms with Crippen LogP contribution in [-0.2, 0) is 0 Å². The fourth-order valence-corrected chi connectivity index (χ4v) is 2.86. The number of amides is 1. The van der Waals surface area contributed by atoms with Crippen molar-refractivity contribution in [2.45, 2.75) is 26.7 Å². The van der Waals surface area contributed by atoms with Gasteiger partial charge in [-0.05, 0) is 19.8 Å². The molecule has 0 spiro atoms. The van der Waals surface area contributed by atoms with E-state index in [1.807, 2.05) is 17.2 Å². The highest BCUT2D eigenvalue weighted by molar-refractivity contribution is 7.80. The van der Waals surface area contributed by atoms with Crippen LogP contribution in [0.1, 0.15) is 35.3 Å². The fourth-order valence-electron chi connectivity index (χ4n) is 2.07. The Balaban J connectivity index is 2.02. The maximum atomic E-state index is 12.2. The molecule has 2 heterocycles. The molecule has 0 saturated carbocycles. The summed E-state index contributed by atoms with van der Waals surface area (Å²) in [5.41, 5.74) is 6.20. The van der Waals surface area contributed by atoms with Crippen molar-refractivity contribution in [2.24, 2.45) is 11.1 Å². The van der Waals surface area contributed by atoms with E-state index in [0.29, 0.717) is 23.8 Å². The van der Waals surface area contributed by atoms with Crippen LogP contribution in [0.3, 0.4) is 0 Å². The maximum absolute atomic E-state index is 12.2. The molecular formula is C12H17N3OS2. The predicted molar refractivity (Wildman–Crippen MR) is 76.9 cm³/mol. The number of hydrogen-bond donors (Lipinski definition) is 1. The third-order valence-corrected chi connectivity index (χ3v) is 4.85. The Hall–Kier alpha value is -1.01. The first-order valence-corrected chi connectivity index (χ1v) is 7.22. The summed E-state index contributed by atoms with van der Waals surface area (Å²) < 4.78 is 0. The minimum absolute atomic E-state index is 0.0179. The number of rotatable bonds is 2. The Bertz CT molecular complexity index is 475. The van der Waals surface area contributed by atoms with Crippen LogP contribution in [0.4, 0.5) is 0 Å². The largest absolute Gasteiger partial charge is 0.393 e. The number of piperidine rings is 1. The molecule has 0 atom stereocenters. The highest BCUT2D eigenvalue weighted by atomic mass is 32.1. The van der Waals surface area contributed by atoms with E-state index in [-0.39, 0.29) is 11.3 Å².